The molecule has 0 bridgehead atoms. The smallest absolute Gasteiger partial charge is 0.343 e. The predicted molar refractivity (Wildman–Crippen MR) is 169 cm³/mol. The van der Waals surface area contributed by atoms with Crippen molar-refractivity contribution in [2.45, 2.75) is 20.8 Å². The minimum atomic E-state index is -0.894. The van der Waals surface area contributed by atoms with Gasteiger partial charge in [0.25, 0.3) is 0 Å². The van der Waals surface area contributed by atoms with Gasteiger partial charge < -0.3 is 18.9 Å². The van der Waals surface area contributed by atoms with Gasteiger partial charge in [-0.2, -0.15) is 0 Å². The maximum atomic E-state index is 13.4. The van der Waals surface area contributed by atoms with E-state index in [1.54, 1.807) is 118 Å². The van der Waals surface area contributed by atoms with E-state index in [2.05, 4.69) is 0 Å². The van der Waals surface area contributed by atoms with Crippen LogP contribution >= 0.6 is 34.8 Å². The lowest BCUT2D eigenvalue weighted by molar-refractivity contribution is -0.143. The Kier molecular flexibility index (Phi) is 8.83. The summed E-state index contributed by atoms with van der Waals surface area (Å²) in [6, 6.07) is 26.8. The largest absolute Gasteiger partial charge is 0.448 e. The number of halogens is 3. The van der Waals surface area contributed by atoms with Gasteiger partial charge >= 0.3 is 11.9 Å². The van der Waals surface area contributed by atoms with Crippen LogP contribution in [0.1, 0.15) is 31.1 Å². The average Bonchev–Trinajstić information content (AvgIpc) is 2.98. The Morgan fingerprint density at radius 3 is 1.63 bits per heavy atom. The van der Waals surface area contributed by atoms with Crippen molar-refractivity contribution >= 4 is 57.5 Å². The first-order valence-electron chi connectivity index (χ1n) is 13.2. The molecular weight excluding hydrogens is 611 g/mol. The monoisotopic (exact) mass is 634 g/mol. The minimum Gasteiger partial charge on any atom is -0.448 e. The second-order valence-corrected chi connectivity index (χ2v) is 11.7. The van der Waals surface area contributed by atoms with Gasteiger partial charge in [-0.3, -0.25) is 4.79 Å². The van der Waals surface area contributed by atoms with E-state index in [-0.39, 0.29) is 44.5 Å². The third kappa shape index (κ3) is 6.73. The number of carbonyl (C=O) groups is 2. The first kappa shape index (κ1) is 30.2. The van der Waals surface area contributed by atoms with E-state index in [9.17, 15) is 9.59 Å². The maximum Gasteiger partial charge on any atom is 0.343 e. The van der Waals surface area contributed by atoms with Crippen LogP contribution in [0.15, 0.2) is 97.1 Å². The molecule has 0 saturated heterocycles. The number of carbonyl (C=O) groups excluding carboxylic acids is 2. The highest BCUT2D eigenvalue weighted by Gasteiger charge is 2.32. The van der Waals surface area contributed by atoms with E-state index < -0.39 is 17.4 Å². The van der Waals surface area contributed by atoms with Crippen LogP contribution in [0.3, 0.4) is 0 Å². The summed E-state index contributed by atoms with van der Waals surface area (Å²) in [5.74, 6) is -0.967. The van der Waals surface area contributed by atoms with Gasteiger partial charge in [-0.05, 0) is 75.4 Å². The number of benzene rings is 5. The summed E-state index contributed by atoms with van der Waals surface area (Å²) in [5, 5.41) is 1.57. The Labute approximate surface area is 263 Å². The third-order valence-electron chi connectivity index (χ3n) is 6.20. The molecule has 0 fully saturated rings. The van der Waals surface area contributed by atoms with Crippen LogP contribution in [0.25, 0.3) is 10.8 Å². The van der Waals surface area contributed by atoms with Crippen molar-refractivity contribution in [1.82, 2.24) is 0 Å². The molecule has 0 aromatic heterocycles. The van der Waals surface area contributed by atoms with Crippen LogP contribution in [0.2, 0.25) is 15.1 Å². The van der Waals surface area contributed by atoms with Crippen molar-refractivity contribution in [3.05, 3.63) is 118 Å². The molecule has 5 rings (SSSR count). The third-order valence-corrected chi connectivity index (χ3v) is 7.06. The van der Waals surface area contributed by atoms with Crippen molar-refractivity contribution < 1.29 is 28.5 Å². The van der Waals surface area contributed by atoms with Gasteiger partial charge in [0.05, 0.1) is 21.0 Å². The predicted octanol–water partition coefficient (Wildman–Crippen LogP) is 10.6. The van der Waals surface area contributed by atoms with Crippen LogP contribution in [-0.4, -0.2) is 11.9 Å². The van der Waals surface area contributed by atoms with Crippen molar-refractivity contribution in [1.29, 1.82) is 0 Å². The number of hydrogen-bond donors (Lipinski definition) is 0. The molecule has 0 heterocycles. The number of esters is 2. The summed E-state index contributed by atoms with van der Waals surface area (Å²) in [6.45, 7) is 5.16. The van der Waals surface area contributed by atoms with Gasteiger partial charge in [-0.1, -0.05) is 77.3 Å². The highest BCUT2D eigenvalue weighted by molar-refractivity contribution is 6.32. The first-order chi connectivity index (χ1) is 20.5. The molecule has 5 aromatic rings. The summed E-state index contributed by atoms with van der Waals surface area (Å²) in [6.07, 6.45) is 0. The zero-order valence-electron chi connectivity index (χ0n) is 23.3. The maximum absolute atomic E-state index is 13.4. The van der Waals surface area contributed by atoms with E-state index >= 15 is 0 Å². The number of rotatable bonds is 7. The number of fused-ring (bicyclic) bond motifs is 1. The number of para-hydroxylation sites is 2. The molecule has 0 aliphatic carbocycles. The Morgan fingerprint density at radius 1 is 0.581 bits per heavy atom. The Balaban J connectivity index is 1.85. The molecule has 9 heteroatoms. The lowest BCUT2D eigenvalue weighted by Gasteiger charge is -2.24. The van der Waals surface area contributed by atoms with Crippen LogP contribution in [0, 0.1) is 5.41 Å². The van der Waals surface area contributed by atoms with Gasteiger partial charge in [0.2, 0.25) is 11.5 Å². The number of ether oxygens (including phenoxy) is 4. The minimum absolute atomic E-state index is 0.0149. The van der Waals surface area contributed by atoms with Crippen LogP contribution in [-0.2, 0) is 4.79 Å². The molecule has 5 aromatic carbocycles. The molecule has 0 amide bonds. The van der Waals surface area contributed by atoms with Gasteiger partial charge in [0.15, 0.2) is 11.5 Å². The lowest BCUT2D eigenvalue weighted by Crippen LogP contribution is -2.26. The molecule has 0 unspecified atom stereocenters. The van der Waals surface area contributed by atoms with Gasteiger partial charge in [-0.15, -0.1) is 0 Å². The van der Waals surface area contributed by atoms with Gasteiger partial charge in [0.1, 0.15) is 11.5 Å². The standard InChI is InChI=1S/C34H25Cl3O6/c1-34(2,3)33(39)43-29-23-19-21(35)17-18-22(23)28(42-32(38)20-11-5-4-6-12-20)30(40-26-15-9-7-13-24(26)36)31(29)41-27-16-10-8-14-25(27)37/h4-19H,1-3H3. The van der Waals surface area contributed by atoms with Crippen LogP contribution < -0.4 is 18.9 Å². The zero-order chi connectivity index (χ0) is 30.7. The molecule has 218 valence electrons. The fraction of sp³-hybridized carbons (Fsp3) is 0.118. The summed E-state index contributed by atoms with van der Waals surface area (Å²) in [7, 11) is 0. The van der Waals surface area contributed by atoms with Crippen molar-refractivity contribution in [3.63, 3.8) is 0 Å². The molecule has 6 nitrogen and oxygen atoms in total. The normalized spacial score (nSPS) is 11.2. The van der Waals surface area contributed by atoms with E-state index in [1.807, 2.05) is 0 Å². The molecule has 0 spiro atoms. The zero-order valence-corrected chi connectivity index (χ0v) is 25.6. The van der Waals surface area contributed by atoms with E-state index in [1.165, 1.54) is 0 Å². The molecule has 0 atom stereocenters. The highest BCUT2D eigenvalue weighted by atomic mass is 35.5. The van der Waals surface area contributed by atoms with Crippen LogP contribution in [0.5, 0.6) is 34.5 Å². The fourth-order valence-corrected chi connectivity index (χ4v) is 4.51. The summed E-state index contributed by atoms with van der Waals surface area (Å²) in [4.78, 5) is 26.8. The molecule has 0 saturated carbocycles. The lowest BCUT2D eigenvalue weighted by atomic mass is 9.97. The Morgan fingerprint density at radius 2 is 1.09 bits per heavy atom. The molecule has 43 heavy (non-hydrogen) atoms. The molecule has 0 aliphatic rings. The van der Waals surface area contributed by atoms with Gasteiger partial charge in [0, 0.05) is 15.8 Å². The average molecular weight is 636 g/mol. The summed E-state index contributed by atoms with van der Waals surface area (Å²) >= 11 is 19.4. The molecular formula is C34H25Cl3O6. The van der Waals surface area contributed by atoms with Crippen molar-refractivity contribution in [2.75, 3.05) is 0 Å². The van der Waals surface area contributed by atoms with Crippen molar-refractivity contribution in [3.8, 4) is 34.5 Å². The molecule has 0 N–H and O–H groups in total. The topological polar surface area (TPSA) is 71.1 Å². The Hall–Kier alpha value is -4.23. The quantitative estimate of drug-likeness (QED) is 0.131. The first-order valence-corrected chi connectivity index (χ1v) is 14.3. The van der Waals surface area contributed by atoms with E-state index in [0.29, 0.717) is 21.4 Å². The number of hydrogen-bond acceptors (Lipinski definition) is 6. The van der Waals surface area contributed by atoms with E-state index in [0.717, 1.165) is 0 Å². The van der Waals surface area contributed by atoms with Crippen molar-refractivity contribution in [2.24, 2.45) is 5.41 Å². The second-order valence-electron chi connectivity index (χ2n) is 10.5. The second kappa shape index (κ2) is 12.6. The fourth-order valence-electron chi connectivity index (χ4n) is 3.99. The molecule has 0 radical (unpaired) electrons. The SMILES string of the molecule is CC(C)(C)C(=O)Oc1c(Oc2ccccc2Cl)c(Oc2ccccc2Cl)c(OC(=O)c2ccccc2)c2ccc(Cl)cc12. The van der Waals surface area contributed by atoms with E-state index in [4.69, 9.17) is 53.8 Å². The molecule has 0 aliphatic heterocycles. The summed E-state index contributed by atoms with van der Waals surface area (Å²) < 4.78 is 24.8. The van der Waals surface area contributed by atoms with Crippen LogP contribution in [0.4, 0.5) is 0 Å². The van der Waals surface area contributed by atoms with Gasteiger partial charge in [-0.25, -0.2) is 4.79 Å². The highest BCUT2D eigenvalue weighted by Crippen LogP contribution is 2.55. The summed E-state index contributed by atoms with van der Waals surface area (Å²) in [5.41, 5.74) is -0.598. The Bertz CT molecular complexity index is 1830.